The van der Waals surface area contributed by atoms with E-state index in [0.29, 0.717) is 22.0 Å². The molecule has 3 aromatic rings. The van der Waals surface area contributed by atoms with Crippen LogP contribution >= 0.6 is 11.6 Å². The molecule has 0 spiro atoms. The van der Waals surface area contributed by atoms with Crippen molar-refractivity contribution >= 4 is 40.6 Å². The third-order valence-electron chi connectivity index (χ3n) is 4.70. The van der Waals surface area contributed by atoms with E-state index in [1.807, 2.05) is 12.1 Å². The Kier molecular flexibility index (Phi) is 6.37. The van der Waals surface area contributed by atoms with Crippen molar-refractivity contribution < 1.29 is 9.84 Å². The number of morpholine rings is 1. The van der Waals surface area contributed by atoms with Crippen molar-refractivity contribution in [3.05, 3.63) is 77.3 Å². The highest BCUT2D eigenvalue weighted by atomic mass is 35.5. The Labute approximate surface area is 180 Å². The first-order valence-corrected chi connectivity index (χ1v) is 10.0. The number of halogens is 1. The molecular formula is C23H21ClN4O2. The minimum Gasteiger partial charge on any atom is -0.507 e. The van der Waals surface area contributed by atoms with Gasteiger partial charge in [0.2, 0.25) is 0 Å². The highest BCUT2D eigenvalue weighted by molar-refractivity contribution is 6.30. The number of phenolic OH excluding ortho intramolecular Hbond substituents is 1. The Bertz CT molecular complexity index is 1040. The molecule has 0 atom stereocenters. The molecule has 1 heterocycles. The molecule has 30 heavy (non-hydrogen) atoms. The predicted octanol–water partition coefficient (Wildman–Crippen LogP) is 6.05. The van der Waals surface area contributed by atoms with Crippen LogP contribution in [0, 0.1) is 0 Å². The van der Waals surface area contributed by atoms with E-state index in [4.69, 9.17) is 16.3 Å². The van der Waals surface area contributed by atoms with Crippen molar-refractivity contribution in [2.24, 2.45) is 15.2 Å². The molecular weight excluding hydrogens is 400 g/mol. The zero-order valence-corrected chi connectivity index (χ0v) is 17.0. The number of rotatable bonds is 5. The van der Waals surface area contributed by atoms with Gasteiger partial charge in [0.15, 0.2) is 0 Å². The molecule has 0 aliphatic carbocycles. The fourth-order valence-corrected chi connectivity index (χ4v) is 3.17. The molecule has 0 aromatic heterocycles. The lowest BCUT2D eigenvalue weighted by Gasteiger charge is -2.28. The van der Waals surface area contributed by atoms with E-state index >= 15 is 0 Å². The van der Waals surface area contributed by atoms with Gasteiger partial charge in [-0.05, 0) is 66.7 Å². The van der Waals surface area contributed by atoms with Gasteiger partial charge < -0.3 is 14.7 Å². The number of benzene rings is 3. The molecule has 0 bridgehead atoms. The van der Waals surface area contributed by atoms with Crippen molar-refractivity contribution in [2.75, 3.05) is 31.2 Å². The second-order valence-electron chi connectivity index (χ2n) is 6.79. The van der Waals surface area contributed by atoms with E-state index in [0.717, 1.165) is 37.7 Å². The second-order valence-corrected chi connectivity index (χ2v) is 7.23. The summed E-state index contributed by atoms with van der Waals surface area (Å²) in [7, 11) is 0. The molecule has 1 aliphatic heterocycles. The lowest BCUT2D eigenvalue weighted by atomic mass is 10.2. The maximum Gasteiger partial charge on any atom is 0.124 e. The predicted molar refractivity (Wildman–Crippen MR) is 120 cm³/mol. The first kappa shape index (κ1) is 20.1. The van der Waals surface area contributed by atoms with Crippen LogP contribution < -0.4 is 4.90 Å². The Morgan fingerprint density at radius 3 is 2.20 bits per heavy atom. The largest absolute Gasteiger partial charge is 0.507 e. The van der Waals surface area contributed by atoms with E-state index in [1.54, 1.807) is 48.7 Å². The SMILES string of the molecule is Oc1ccc(N=Nc2ccc(Cl)cc2)cc1C=Nc1ccc(N2CCOCC2)cc1. The first-order chi connectivity index (χ1) is 14.7. The molecule has 0 amide bonds. The number of aromatic hydroxyl groups is 1. The average molecular weight is 421 g/mol. The first-order valence-electron chi connectivity index (χ1n) is 9.64. The van der Waals surface area contributed by atoms with Gasteiger partial charge in [-0.3, -0.25) is 4.99 Å². The van der Waals surface area contributed by atoms with Crippen LogP contribution in [0.4, 0.5) is 22.7 Å². The van der Waals surface area contributed by atoms with Gasteiger partial charge in [-0.25, -0.2) is 0 Å². The highest BCUT2D eigenvalue weighted by Gasteiger charge is 2.10. The van der Waals surface area contributed by atoms with Gasteiger partial charge >= 0.3 is 0 Å². The van der Waals surface area contributed by atoms with E-state index < -0.39 is 0 Å². The van der Waals surface area contributed by atoms with E-state index in [-0.39, 0.29) is 5.75 Å². The topological polar surface area (TPSA) is 69.8 Å². The third-order valence-corrected chi connectivity index (χ3v) is 4.95. The number of azo groups is 1. The summed E-state index contributed by atoms with van der Waals surface area (Å²) in [4.78, 5) is 6.77. The van der Waals surface area contributed by atoms with Crippen LogP contribution in [0.3, 0.4) is 0 Å². The summed E-state index contributed by atoms with van der Waals surface area (Å²) < 4.78 is 5.39. The van der Waals surface area contributed by atoms with Crippen molar-refractivity contribution in [1.82, 2.24) is 0 Å². The van der Waals surface area contributed by atoms with Crippen molar-refractivity contribution in [3.8, 4) is 5.75 Å². The number of phenols is 1. The molecule has 152 valence electrons. The van der Waals surface area contributed by atoms with Gasteiger partial charge in [-0.15, -0.1) is 0 Å². The summed E-state index contributed by atoms with van der Waals surface area (Å²) in [5, 5.41) is 19.2. The summed E-state index contributed by atoms with van der Waals surface area (Å²) in [6.07, 6.45) is 1.63. The Morgan fingerprint density at radius 1 is 0.833 bits per heavy atom. The van der Waals surface area contributed by atoms with E-state index in [9.17, 15) is 5.11 Å². The van der Waals surface area contributed by atoms with Crippen LogP contribution in [0.1, 0.15) is 5.56 Å². The number of ether oxygens (including phenoxy) is 1. The smallest absolute Gasteiger partial charge is 0.124 e. The fourth-order valence-electron chi connectivity index (χ4n) is 3.05. The Hall–Kier alpha value is -3.22. The van der Waals surface area contributed by atoms with Crippen LogP contribution in [-0.2, 0) is 4.74 Å². The summed E-state index contributed by atoms with van der Waals surface area (Å²) >= 11 is 5.88. The number of hydrogen-bond donors (Lipinski definition) is 1. The zero-order valence-electron chi connectivity index (χ0n) is 16.3. The normalized spacial score (nSPS) is 14.6. The number of anilines is 1. The minimum absolute atomic E-state index is 0.133. The van der Waals surface area contributed by atoms with E-state index in [2.05, 4.69) is 32.3 Å². The molecule has 1 saturated heterocycles. The van der Waals surface area contributed by atoms with E-state index in [1.165, 1.54) is 0 Å². The van der Waals surface area contributed by atoms with Crippen molar-refractivity contribution in [1.29, 1.82) is 0 Å². The van der Waals surface area contributed by atoms with Crippen molar-refractivity contribution in [2.45, 2.75) is 0 Å². The van der Waals surface area contributed by atoms with Crippen LogP contribution in [0.5, 0.6) is 5.75 Å². The van der Waals surface area contributed by atoms with Gasteiger partial charge in [0.25, 0.3) is 0 Å². The molecule has 0 radical (unpaired) electrons. The van der Waals surface area contributed by atoms with Gasteiger partial charge in [-0.1, -0.05) is 11.6 Å². The van der Waals surface area contributed by atoms with Gasteiger partial charge in [0.1, 0.15) is 5.75 Å². The molecule has 0 saturated carbocycles. The molecule has 7 heteroatoms. The molecule has 3 aromatic carbocycles. The summed E-state index contributed by atoms with van der Waals surface area (Å²) in [5.41, 5.74) is 3.85. The average Bonchev–Trinajstić information content (AvgIpc) is 2.79. The summed E-state index contributed by atoms with van der Waals surface area (Å²) in [5.74, 6) is 0.133. The zero-order chi connectivity index (χ0) is 20.8. The van der Waals surface area contributed by atoms with Crippen LogP contribution in [0.25, 0.3) is 0 Å². The maximum atomic E-state index is 10.1. The summed E-state index contributed by atoms with van der Waals surface area (Å²) in [6.45, 7) is 3.30. The molecule has 1 aliphatic rings. The quantitative estimate of drug-likeness (QED) is 0.403. The number of aliphatic imine (C=N–C) groups is 1. The van der Waals surface area contributed by atoms with Gasteiger partial charge in [-0.2, -0.15) is 10.2 Å². The summed E-state index contributed by atoms with van der Waals surface area (Å²) in [6, 6.07) is 20.1. The molecule has 0 unspecified atom stereocenters. The fraction of sp³-hybridized carbons (Fsp3) is 0.174. The lowest BCUT2D eigenvalue weighted by molar-refractivity contribution is 0.122. The third kappa shape index (κ3) is 5.23. The molecule has 6 nitrogen and oxygen atoms in total. The molecule has 1 N–H and O–H groups in total. The lowest BCUT2D eigenvalue weighted by Crippen LogP contribution is -2.36. The van der Waals surface area contributed by atoms with Crippen LogP contribution in [-0.4, -0.2) is 37.6 Å². The monoisotopic (exact) mass is 420 g/mol. The highest BCUT2D eigenvalue weighted by Crippen LogP contribution is 2.26. The van der Waals surface area contributed by atoms with Gasteiger partial charge in [0, 0.05) is 35.6 Å². The minimum atomic E-state index is 0.133. The van der Waals surface area contributed by atoms with Crippen LogP contribution in [0.2, 0.25) is 5.02 Å². The maximum absolute atomic E-state index is 10.1. The van der Waals surface area contributed by atoms with Gasteiger partial charge in [0.05, 0.1) is 30.3 Å². The molecule has 1 fully saturated rings. The molecule has 4 rings (SSSR count). The van der Waals surface area contributed by atoms with Crippen LogP contribution in [0.15, 0.2) is 82.0 Å². The number of nitrogens with zero attached hydrogens (tertiary/aromatic N) is 4. The van der Waals surface area contributed by atoms with Crippen molar-refractivity contribution in [3.63, 3.8) is 0 Å². The standard InChI is InChI=1S/C23H21ClN4O2/c24-18-1-3-20(4-2-18)26-27-21-7-10-23(29)17(15-21)16-25-19-5-8-22(9-6-19)28-11-13-30-14-12-28/h1-10,15-16,29H,11-14H2. The number of hydrogen-bond acceptors (Lipinski definition) is 6. The second kappa shape index (κ2) is 9.52. The Morgan fingerprint density at radius 2 is 1.47 bits per heavy atom. The Balaban J connectivity index is 1.46.